The van der Waals surface area contributed by atoms with Crippen LogP contribution in [0.4, 0.5) is 11.4 Å². The van der Waals surface area contributed by atoms with Crippen LogP contribution in [0.25, 0.3) is 6.08 Å². The van der Waals surface area contributed by atoms with Gasteiger partial charge in [0.15, 0.2) is 17.5 Å². The summed E-state index contributed by atoms with van der Waals surface area (Å²) in [6, 6.07) is 13.5. The molecule has 2 aromatic rings. The summed E-state index contributed by atoms with van der Waals surface area (Å²) < 4.78 is 4.87. The molecule has 2 aromatic carbocycles. The minimum absolute atomic E-state index is 0.188. The molecule has 0 fully saturated rings. The van der Waals surface area contributed by atoms with Gasteiger partial charge in [-0.25, -0.2) is 0 Å². The molecule has 1 atom stereocenters. The highest BCUT2D eigenvalue weighted by Gasteiger charge is 2.38. The van der Waals surface area contributed by atoms with Gasteiger partial charge in [-0.2, -0.15) is 0 Å². The third-order valence-corrected chi connectivity index (χ3v) is 4.40. The summed E-state index contributed by atoms with van der Waals surface area (Å²) in [5.74, 6) is -3.34. The van der Waals surface area contributed by atoms with Crippen LogP contribution in [-0.2, 0) is 19.1 Å². The lowest BCUT2D eigenvalue weighted by Crippen LogP contribution is -2.39. The number of rotatable bonds is 7. The number of allylic oxidation sites excluding steroid dienone is 1. The SMILES string of the molecule is COCCC(=O)Nc1cccc(/C=C/C(=O)C2C(=O)Nc3ccccc3C2=O)c1. The van der Waals surface area contributed by atoms with Crippen LogP contribution in [0, 0.1) is 5.92 Å². The molecule has 1 aliphatic heterocycles. The second-order valence-electron chi connectivity index (χ2n) is 6.48. The van der Waals surface area contributed by atoms with Crippen molar-refractivity contribution in [1.29, 1.82) is 0 Å². The Morgan fingerprint density at radius 1 is 1.14 bits per heavy atom. The van der Waals surface area contributed by atoms with Crippen molar-refractivity contribution in [2.45, 2.75) is 6.42 Å². The molecule has 1 heterocycles. The maximum Gasteiger partial charge on any atom is 0.243 e. The van der Waals surface area contributed by atoms with E-state index in [1.165, 1.54) is 19.3 Å². The maximum atomic E-state index is 12.6. The largest absolute Gasteiger partial charge is 0.384 e. The Bertz CT molecular complexity index is 996. The monoisotopic (exact) mass is 392 g/mol. The third-order valence-electron chi connectivity index (χ3n) is 4.40. The van der Waals surface area contributed by atoms with Gasteiger partial charge in [0.1, 0.15) is 0 Å². The predicted octanol–water partition coefficient (Wildman–Crippen LogP) is 2.70. The summed E-state index contributed by atoms with van der Waals surface area (Å²) in [5.41, 5.74) is 1.94. The Balaban J connectivity index is 1.71. The number of fused-ring (bicyclic) bond motifs is 1. The Morgan fingerprint density at radius 3 is 2.72 bits per heavy atom. The molecular weight excluding hydrogens is 372 g/mol. The number of ketones is 2. The highest BCUT2D eigenvalue weighted by Crippen LogP contribution is 2.26. The zero-order valence-electron chi connectivity index (χ0n) is 15.8. The van der Waals surface area contributed by atoms with Gasteiger partial charge in [-0.05, 0) is 35.9 Å². The van der Waals surface area contributed by atoms with Crippen LogP contribution in [0.5, 0.6) is 0 Å². The number of benzene rings is 2. The molecule has 0 spiro atoms. The van der Waals surface area contributed by atoms with Crippen molar-refractivity contribution in [3.05, 3.63) is 65.7 Å². The molecule has 0 aromatic heterocycles. The highest BCUT2D eigenvalue weighted by atomic mass is 16.5. The molecule has 1 aliphatic rings. The van der Waals surface area contributed by atoms with Gasteiger partial charge in [-0.3, -0.25) is 19.2 Å². The number of methoxy groups -OCH3 is 1. The minimum atomic E-state index is -1.40. The molecule has 0 bridgehead atoms. The van der Waals surface area contributed by atoms with Crippen molar-refractivity contribution in [2.75, 3.05) is 24.4 Å². The van der Waals surface area contributed by atoms with E-state index in [-0.39, 0.29) is 12.3 Å². The van der Waals surface area contributed by atoms with Crippen molar-refractivity contribution < 1.29 is 23.9 Å². The van der Waals surface area contributed by atoms with Gasteiger partial charge >= 0.3 is 0 Å². The number of hydrogen-bond donors (Lipinski definition) is 2. The van der Waals surface area contributed by atoms with Gasteiger partial charge in [0.25, 0.3) is 0 Å². The average Bonchev–Trinajstić information content (AvgIpc) is 2.71. The van der Waals surface area contributed by atoms with Crippen LogP contribution in [0.1, 0.15) is 22.3 Å². The molecule has 7 nitrogen and oxygen atoms in total. The first-order valence-corrected chi connectivity index (χ1v) is 9.04. The standard InChI is InChI=1S/C22H20N2O5/c1-29-12-11-19(26)23-15-6-4-5-14(13-15)9-10-18(25)20-21(27)16-7-2-3-8-17(16)24-22(20)28/h2-10,13,20H,11-12H2,1H3,(H,23,26)(H,24,28)/b10-9+. The quantitative estimate of drug-likeness (QED) is 0.557. The molecule has 1 unspecified atom stereocenters. The smallest absolute Gasteiger partial charge is 0.243 e. The molecule has 2 amide bonds. The predicted molar refractivity (Wildman–Crippen MR) is 108 cm³/mol. The summed E-state index contributed by atoms with van der Waals surface area (Å²) in [6.45, 7) is 0.320. The average molecular weight is 392 g/mol. The summed E-state index contributed by atoms with van der Waals surface area (Å²) in [4.78, 5) is 49.1. The van der Waals surface area contributed by atoms with Crippen molar-refractivity contribution in [3.8, 4) is 0 Å². The number of nitrogens with one attached hydrogen (secondary N) is 2. The second kappa shape index (κ2) is 9.07. The minimum Gasteiger partial charge on any atom is -0.384 e. The van der Waals surface area contributed by atoms with E-state index in [0.29, 0.717) is 29.1 Å². The number of anilines is 2. The first-order chi connectivity index (χ1) is 14.0. The second-order valence-corrected chi connectivity index (χ2v) is 6.48. The van der Waals surface area contributed by atoms with Crippen molar-refractivity contribution in [1.82, 2.24) is 0 Å². The number of Topliss-reactive ketones (excluding diaryl/α,β-unsaturated/α-hetero) is 1. The fraction of sp³-hybridized carbons (Fsp3) is 0.182. The number of hydrogen-bond acceptors (Lipinski definition) is 5. The zero-order chi connectivity index (χ0) is 20.8. The van der Waals surface area contributed by atoms with E-state index < -0.39 is 23.4 Å². The Hall–Kier alpha value is -3.58. The number of carbonyl (C=O) groups is 4. The fourth-order valence-corrected chi connectivity index (χ4v) is 2.96. The van der Waals surface area contributed by atoms with Crippen molar-refractivity contribution in [2.24, 2.45) is 5.92 Å². The van der Waals surface area contributed by atoms with E-state index in [9.17, 15) is 19.2 Å². The molecule has 3 rings (SSSR count). The summed E-state index contributed by atoms with van der Waals surface area (Å²) in [6.07, 6.45) is 2.95. The van der Waals surface area contributed by atoms with Crippen LogP contribution in [0.15, 0.2) is 54.6 Å². The summed E-state index contributed by atoms with van der Waals surface area (Å²) in [5, 5.41) is 5.33. The first-order valence-electron chi connectivity index (χ1n) is 9.04. The lowest BCUT2D eigenvalue weighted by atomic mass is 9.88. The van der Waals surface area contributed by atoms with Gasteiger partial charge in [0.05, 0.1) is 18.7 Å². The Labute approximate surface area is 167 Å². The normalized spacial score (nSPS) is 15.7. The molecular formula is C22H20N2O5. The molecule has 29 heavy (non-hydrogen) atoms. The molecule has 2 N–H and O–H groups in total. The number of ether oxygens (including phenoxy) is 1. The van der Waals surface area contributed by atoms with Gasteiger partial charge in [-0.15, -0.1) is 0 Å². The van der Waals surface area contributed by atoms with E-state index in [4.69, 9.17) is 4.74 Å². The van der Waals surface area contributed by atoms with Gasteiger partial charge in [0, 0.05) is 18.4 Å². The van der Waals surface area contributed by atoms with Crippen LogP contribution in [0.3, 0.4) is 0 Å². The molecule has 0 saturated heterocycles. The Kier molecular flexibility index (Phi) is 6.31. The zero-order valence-corrected chi connectivity index (χ0v) is 15.8. The van der Waals surface area contributed by atoms with Crippen LogP contribution >= 0.6 is 0 Å². The topological polar surface area (TPSA) is 102 Å². The van der Waals surface area contributed by atoms with E-state index in [0.717, 1.165) is 0 Å². The molecule has 0 radical (unpaired) electrons. The van der Waals surface area contributed by atoms with Crippen LogP contribution in [0.2, 0.25) is 0 Å². The van der Waals surface area contributed by atoms with Crippen LogP contribution in [-0.4, -0.2) is 37.1 Å². The van der Waals surface area contributed by atoms with E-state index in [1.54, 1.807) is 48.5 Å². The lowest BCUT2D eigenvalue weighted by Gasteiger charge is -2.21. The number of amides is 2. The van der Waals surface area contributed by atoms with E-state index in [1.807, 2.05) is 0 Å². The third kappa shape index (κ3) is 4.83. The highest BCUT2D eigenvalue weighted by molar-refractivity contribution is 6.32. The Morgan fingerprint density at radius 2 is 1.93 bits per heavy atom. The van der Waals surface area contributed by atoms with E-state index in [2.05, 4.69) is 10.6 Å². The molecule has 0 saturated carbocycles. The number of para-hydroxylation sites is 1. The maximum absolute atomic E-state index is 12.6. The van der Waals surface area contributed by atoms with Crippen molar-refractivity contribution >= 4 is 40.8 Å². The molecule has 7 heteroatoms. The van der Waals surface area contributed by atoms with Gasteiger partial charge < -0.3 is 15.4 Å². The summed E-state index contributed by atoms with van der Waals surface area (Å²) >= 11 is 0. The molecule has 148 valence electrons. The first kappa shape index (κ1) is 20.2. The number of carbonyl (C=O) groups excluding carboxylic acids is 4. The lowest BCUT2D eigenvalue weighted by molar-refractivity contribution is -0.126. The van der Waals surface area contributed by atoms with E-state index >= 15 is 0 Å². The van der Waals surface area contributed by atoms with Crippen LogP contribution < -0.4 is 10.6 Å². The van der Waals surface area contributed by atoms with Gasteiger partial charge in [-0.1, -0.05) is 30.3 Å². The fourth-order valence-electron chi connectivity index (χ4n) is 2.96. The molecule has 0 aliphatic carbocycles. The van der Waals surface area contributed by atoms with Crippen molar-refractivity contribution in [3.63, 3.8) is 0 Å². The van der Waals surface area contributed by atoms with Gasteiger partial charge in [0.2, 0.25) is 11.8 Å². The summed E-state index contributed by atoms with van der Waals surface area (Å²) in [7, 11) is 1.52.